The number of rotatable bonds is 4. The zero-order valence-corrected chi connectivity index (χ0v) is 9.69. The monoisotopic (exact) mass is 278 g/mol. The molecule has 0 saturated carbocycles. The van der Waals surface area contributed by atoms with E-state index >= 15 is 0 Å². The van der Waals surface area contributed by atoms with E-state index in [4.69, 9.17) is 11.6 Å². The molecule has 1 unspecified atom stereocenters. The fraction of sp³-hybridized carbons (Fsp3) is 0.300. The highest BCUT2D eigenvalue weighted by Gasteiger charge is 2.15. The molecule has 14 heavy (non-hydrogen) atoms. The Morgan fingerprint density at radius 1 is 1.43 bits per heavy atom. The lowest BCUT2D eigenvalue weighted by molar-refractivity contribution is 0.0990. The third-order valence-electron chi connectivity index (χ3n) is 1.78. The lowest BCUT2D eigenvalue weighted by Gasteiger charge is -2.06. The molecular weight excluding hydrogens is 270 g/mol. The summed E-state index contributed by atoms with van der Waals surface area (Å²) in [6.07, 6.45) is 0.567. The summed E-state index contributed by atoms with van der Waals surface area (Å²) in [5.74, 6) is 0.0127. The summed E-state index contributed by atoms with van der Waals surface area (Å²) in [6, 6.07) is 5.49. The van der Waals surface area contributed by atoms with Crippen LogP contribution in [0.2, 0.25) is 0 Å². The van der Waals surface area contributed by atoms with Crippen LogP contribution in [-0.4, -0.2) is 16.5 Å². The van der Waals surface area contributed by atoms with E-state index in [0.717, 1.165) is 0 Å². The van der Waals surface area contributed by atoms with Gasteiger partial charge >= 0.3 is 0 Å². The number of benzene rings is 1. The molecule has 0 radical (unpaired) electrons. The summed E-state index contributed by atoms with van der Waals surface area (Å²) < 4.78 is 12.6. The maximum absolute atomic E-state index is 12.6. The summed E-state index contributed by atoms with van der Waals surface area (Å²) in [6.45, 7) is 0. The summed E-state index contributed by atoms with van der Waals surface area (Å²) in [7, 11) is 0. The predicted octanol–water partition coefficient (Wildman–Crippen LogP) is 3.40. The van der Waals surface area contributed by atoms with Crippen molar-refractivity contribution in [2.24, 2.45) is 0 Å². The number of carbonyl (C=O) groups excluding carboxylic acids is 1. The van der Waals surface area contributed by atoms with Gasteiger partial charge in [-0.2, -0.15) is 0 Å². The summed E-state index contributed by atoms with van der Waals surface area (Å²) in [5, 5.41) is 0. The first kappa shape index (κ1) is 11.7. The van der Waals surface area contributed by atoms with Gasteiger partial charge in [-0.15, -0.1) is 11.6 Å². The molecule has 0 heterocycles. The first-order valence-electron chi connectivity index (χ1n) is 4.15. The van der Waals surface area contributed by atoms with Crippen LogP contribution in [0.5, 0.6) is 0 Å². The molecule has 0 spiro atoms. The van der Waals surface area contributed by atoms with E-state index in [1.165, 1.54) is 24.3 Å². The topological polar surface area (TPSA) is 17.1 Å². The van der Waals surface area contributed by atoms with Crippen LogP contribution < -0.4 is 0 Å². The van der Waals surface area contributed by atoms with Crippen molar-refractivity contribution in [3.63, 3.8) is 0 Å². The van der Waals surface area contributed by atoms with Crippen molar-refractivity contribution < 1.29 is 9.18 Å². The molecule has 76 valence electrons. The third-order valence-corrected chi connectivity index (χ3v) is 2.87. The normalized spacial score (nSPS) is 12.5. The lowest BCUT2D eigenvalue weighted by atomic mass is 10.1. The second-order valence-electron chi connectivity index (χ2n) is 2.82. The van der Waals surface area contributed by atoms with Crippen LogP contribution in [0.4, 0.5) is 4.39 Å². The fourth-order valence-electron chi connectivity index (χ4n) is 1.02. The SMILES string of the molecule is O=C(c1ccc(F)cc1)C(Br)CCCl. The minimum Gasteiger partial charge on any atom is -0.293 e. The molecule has 1 nitrogen and oxygen atoms in total. The number of alkyl halides is 2. The molecule has 0 N–H and O–H groups in total. The van der Waals surface area contributed by atoms with E-state index in [1.807, 2.05) is 0 Å². The highest BCUT2D eigenvalue weighted by Crippen LogP contribution is 2.14. The molecule has 0 aliphatic heterocycles. The fourth-order valence-corrected chi connectivity index (χ4v) is 2.00. The molecular formula is C10H9BrClFO. The van der Waals surface area contributed by atoms with Crippen molar-refractivity contribution in [1.82, 2.24) is 0 Å². The van der Waals surface area contributed by atoms with E-state index < -0.39 is 0 Å². The second-order valence-corrected chi connectivity index (χ2v) is 4.30. The van der Waals surface area contributed by atoms with Gasteiger partial charge in [0.25, 0.3) is 0 Å². The van der Waals surface area contributed by atoms with Gasteiger partial charge in [-0.1, -0.05) is 15.9 Å². The molecule has 1 aromatic carbocycles. The van der Waals surface area contributed by atoms with Gasteiger partial charge in [-0.05, 0) is 30.7 Å². The third kappa shape index (κ3) is 3.07. The minimum atomic E-state index is -0.343. The summed E-state index contributed by atoms with van der Waals surface area (Å²) in [4.78, 5) is 11.3. The van der Waals surface area contributed by atoms with E-state index in [9.17, 15) is 9.18 Å². The van der Waals surface area contributed by atoms with Crippen LogP contribution in [0.3, 0.4) is 0 Å². The highest BCUT2D eigenvalue weighted by molar-refractivity contribution is 9.10. The van der Waals surface area contributed by atoms with Crippen LogP contribution in [-0.2, 0) is 0 Å². The molecule has 0 bridgehead atoms. The smallest absolute Gasteiger partial charge is 0.176 e. The average molecular weight is 280 g/mol. The van der Waals surface area contributed by atoms with Crippen LogP contribution in [0.15, 0.2) is 24.3 Å². The van der Waals surface area contributed by atoms with Crippen LogP contribution in [0.1, 0.15) is 16.8 Å². The molecule has 1 atom stereocenters. The number of carbonyl (C=O) groups is 1. The number of hydrogen-bond donors (Lipinski definition) is 0. The van der Waals surface area contributed by atoms with Crippen molar-refractivity contribution in [1.29, 1.82) is 0 Å². The van der Waals surface area contributed by atoms with E-state index in [-0.39, 0.29) is 16.4 Å². The molecule has 0 saturated heterocycles. The lowest BCUT2D eigenvalue weighted by Crippen LogP contribution is -2.14. The van der Waals surface area contributed by atoms with Crippen LogP contribution in [0, 0.1) is 5.82 Å². The van der Waals surface area contributed by atoms with Crippen LogP contribution in [0.25, 0.3) is 0 Å². The Morgan fingerprint density at radius 3 is 2.50 bits per heavy atom. The number of Topliss-reactive ketones (excluding diaryl/α,β-unsaturated/α-hetero) is 1. The Bertz CT molecular complexity index is 312. The second kappa shape index (κ2) is 5.47. The van der Waals surface area contributed by atoms with Crippen molar-refractivity contribution in [2.45, 2.75) is 11.2 Å². The molecule has 0 aromatic heterocycles. The van der Waals surface area contributed by atoms with Gasteiger partial charge in [0.1, 0.15) is 5.82 Å². The van der Waals surface area contributed by atoms with Gasteiger partial charge in [0.15, 0.2) is 5.78 Å². The first-order chi connectivity index (χ1) is 6.65. The molecule has 0 aliphatic rings. The average Bonchev–Trinajstić information content (AvgIpc) is 2.18. The predicted molar refractivity (Wildman–Crippen MR) is 58.8 cm³/mol. The van der Waals surface area contributed by atoms with Gasteiger partial charge in [-0.25, -0.2) is 4.39 Å². The van der Waals surface area contributed by atoms with Crippen molar-refractivity contribution in [3.8, 4) is 0 Å². The van der Waals surface area contributed by atoms with Crippen LogP contribution >= 0.6 is 27.5 Å². The Kier molecular flexibility index (Phi) is 4.55. The molecule has 0 amide bonds. The largest absolute Gasteiger partial charge is 0.293 e. The zero-order chi connectivity index (χ0) is 10.6. The van der Waals surface area contributed by atoms with Gasteiger partial charge in [0.2, 0.25) is 0 Å². The molecule has 1 aromatic rings. The standard InChI is InChI=1S/C10H9BrClFO/c11-9(5-6-12)10(14)7-1-3-8(13)4-2-7/h1-4,9H,5-6H2. The number of ketones is 1. The van der Waals surface area contributed by atoms with Crippen molar-refractivity contribution in [3.05, 3.63) is 35.6 Å². The van der Waals surface area contributed by atoms with E-state index in [0.29, 0.717) is 17.9 Å². The Morgan fingerprint density at radius 2 is 2.00 bits per heavy atom. The van der Waals surface area contributed by atoms with E-state index in [2.05, 4.69) is 15.9 Å². The summed E-state index contributed by atoms with van der Waals surface area (Å²) in [5.41, 5.74) is 0.499. The molecule has 0 fully saturated rings. The zero-order valence-electron chi connectivity index (χ0n) is 7.34. The minimum absolute atomic E-state index is 0.0642. The van der Waals surface area contributed by atoms with Crippen molar-refractivity contribution in [2.75, 3.05) is 5.88 Å². The Hall–Kier alpha value is -0.410. The Balaban J connectivity index is 2.74. The maximum Gasteiger partial charge on any atom is 0.176 e. The maximum atomic E-state index is 12.6. The quantitative estimate of drug-likeness (QED) is 0.610. The molecule has 0 aliphatic carbocycles. The van der Waals surface area contributed by atoms with Gasteiger partial charge in [-0.3, -0.25) is 4.79 Å². The number of hydrogen-bond acceptors (Lipinski definition) is 1. The molecule has 1 rings (SSSR count). The van der Waals surface area contributed by atoms with Gasteiger partial charge in [0.05, 0.1) is 4.83 Å². The van der Waals surface area contributed by atoms with Crippen molar-refractivity contribution >= 4 is 33.3 Å². The van der Waals surface area contributed by atoms with E-state index in [1.54, 1.807) is 0 Å². The molecule has 4 heteroatoms. The first-order valence-corrected chi connectivity index (χ1v) is 5.60. The summed E-state index contributed by atoms with van der Waals surface area (Å²) >= 11 is 8.74. The van der Waals surface area contributed by atoms with Gasteiger partial charge < -0.3 is 0 Å². The Labute approximate surface area is 95.4 Å². The van der Waals surface area contributed by atoms with Gasteiger partial charge in [0, 0.05) is 11.4 Å². The highest BCUT2D eigenvalue weighted by atomic mass is 79.9. The number of halogens is 3.